The predicted molar refractivity (Wildman–Crippen MR) is 125 cm³/mol. The molecule has 31 heavy (non-hydrogen) atoms. The Morgan fingerprint density at radius 3 is 2.52 bits per heavy atom. The van der Waals surface area contributed by atoms with E-state index in [-0.39, 0.29) is 19.4 Å². The highest BCUT2D eigenvalue weighted by Gasteiger charge is 2.34. The van der Waals surface area contributed by atoms with Gasteiger partial charge in [0.15, 0.2) is 5.13 Å². The molecule has 2 aromatic carbocycles. The van der Waals surface area contributed by atoms with Gasteiger partial charge in [-0.25, -0.2) is 17.7 Å². The summed E-state index contributed by atoms with van der Waals surface area (Å²) in [4.78, 5) is 16.6. The van der Waals surface area contributed by atoms with Crippen molar-refractivity contribution < 1.29 is 17.9 Å². The highest BCUT2D eigenvalue weighted by atomic mass is 35.5. The first-order valence-corrected chi connectivity index (χ1v) is 12.5. The number of ether oxygens (including phenoxy) is 1. The molecule has 164 valence electrons. The minimum absolute atomic E-state index is 0.190. The van der Waals surface area contributed by atoms with Crippen molar-refractivity contribution in [3.05, 3.63) is 70.6 Å². The summed E-state index contributed by atoms with van der Waals surface area (Å²) in [7, 11) is -2.45. The van der Waals surface area contributed by atoms with Crippen molar-refractivity contribution in [2.75, 3.05) is 18.0 Å². The second kappa shape index (κ2) is 10.3. The normalized spacial score (nSPS) is 12.4. The standard InChI is InChI=1S/C22H23ClN2O4S2/c1-3-29-21(26)14-17(13-16-9-5-4-6-10-16)31(27,28)25(2)22-24-20(15-30-22)18-11-7-8-12-19(18)23/h4-12,15,17H,3,13-14H2,1-2H3/t17-/m1/s1. The van der Waals surface area contributed by atoms with E-state index in [1.54, 1.807) is 18.4 Å². The fraction of sp³-hybridized carbons (Fsp3) is 0.273. The molecule has 3 rings (SSSR count). The summed E-state index contributed by atoms with van der Waals surface area (Å²) in [6, 6.07) is 16.5. The average molecular weight is 479 g/mol. The van der Waals surface area contributed by atoms with Crippen molar-refractivity contribution >= 4 is 44.1 Å². The van der Waals surface area contributed by atoms with Crippen molar-refractivity contribution in [2.45, 2.75) is 25.0 Å². The number of carbonyl (C=O) groups is 1. The molecule has 0 bridgehead atoms. The van der Waals surface area contributed by atoms with Crippen LogP contribution in [0.25, 0.3) is 11.3 Å². The molecule has 1 heterocycles. The molecule has 1 atom stereocenters. The van der Waals surface area contributed by atoms with Gasteiger partial charge in [-0.05, 0) is 25.0 Å². The Balaban J connectivity index is 1.89. The number of carbonyl (C=O) groups excluding carboxylic acids is 1. The lowest BCUT2D eigenvalue weighted by Gasteiger charge is -2.24. The number of sulfonamides is 1. The van der Waals surface area contributed by atoms with E-state index < -0.39 is 21.2 Å². The number of hydrogen-bond acceptors (Lipinski definition) is 6. The van der Waals surface area contributed by atoms with Crippen LogP contribution < -0.4 is 4.31 Å². The van der Waals surface area contributed by atoms with Crippen LogP contribution in [0, 0.1) is 0 Å². The topological polar surface area (TPSA) is 76.6 Å². The molecule has 1 aromatic heterocycles. The summed E-state index contributed by atoms with van der Waals surface area (Å²) in [5.74, 6) is -0.545. The van der Waals surface area contributed by atoms with Crippen LogP contribution in [-0.4, -0.2) is 38.3 Å². The predicted octanol–water partition coefficient (Wildman–Crippen LogP) is 4.79. The first-order chi connectivity index (χ1) is 14.8. The molecule has 0 spiro atoms. The van der Waals surface area contributed by atoms with Crippen LogP contribution >= 0.6 is 22.9 Å². The highest BCUT2D eigenvalue weighted by molar-refractivity contribution is 7.93. The molecule has 0 aliphatic rings. The molecule has 0 N–H and O–H groups in total. The van der Waals surface area contributed by atoms with Crippen LogP contribution in [-0.2, 0) is 26.0 Å². The van der Waals surface area contributed by atoms with E-state index in [4.69, 9.17) is 16.3 Å². The quantitative estimate of drug-likeness (QED) is 0.413. The van der Waals surface area contributed by atoms with Gasteiger partial charge in [0, 0.05) is 23.0 Å². The Morgan fingerprint density at radius 2 is 1.84 bits per heavy atom. The minimum Gasteiger partial charge on any atom is -0.466 e. The zero-order valence-corrected chi connectivity index (χ0v) is 19.6. The third kappa shape index (κ3) is 5.64. The third-order valence-corrected chi connectivity index (χ3v) is 8.19. The Bertz CT molecular complexity index is 1130. The molecule has 0 saturated carbocycles. The smallest absolute Gasteiger partial charge is 0.307 e. The highest BCUT2D eigenvalue weighted by Crippen LogP contribution is 2.33. The molecule has 0 radical (unpaired) electrons. The Labute approximate surface area is 191 Å². The van der Waals surface area contributed by atoms with Crippen LogP contribution in [0.4, 0.5) is 5.13 Å². The number of halogens is 1. The molecule has 0 amide bonds. The molecular weight excluding hydrogens is 456 g/mol. The summed E-state index contributed by atoms with van der Waals surface area (Å²) < 4.78 is 33.1. The molecule has 0 fully saturated rings. The number of nitrogens with zero attached hydrogens (tertiary/aromatic N) is 2. The maximum atomic E-state index is 13.4. The number of benzene rings is 2. The van der Waals surface area contributed by atoms with Crippen molar-refractivity contribution in [3.63, 3.8) is 0 Å². The van der Waals surface area contributed by atoms with Gasteiger partial charge >= 0.3 is 5.97 Å². The number of aromatic nitrogens is 1. The fourth-order valence-corrected chi connectivity index (χ4v) is 5.92. The lowest BCUT2D eigenvalue weighted by Crippen LogP contribution is -2.39. The molecular formula is C22H23ClN2O4S2. The molecule has 0 saturated heterocycles. The Morgan fingerprint density at radius 1 is 1.16 bits per heavy atom. The second-order valence-corrected chi connectivity index (χ2v) is 10.3. The van der Waals surface area contributed by atoms with E-state index in [2.05, 4.69) is 4.98 Å². The summed E-state index contributed by atoms with van der Waals surface area (Å²) in [6.45, 7) is 1.89. The van der Waals surface area contributed by atoms with Gasteiger partial charge in [-0.1, -0.05) is 60.1 Å². The summed E-state index contributed by atoms with van der Waals surface area (Å²) in [5.41, 5.74) is 2.15. The third-order valence-electron chi connectivity index (χ3n) is 4.72. The zero-order chi connectivity index (χ0) is 22.4. The van der Waals surface area contributed by atoms with Gasteiger partial charge < -0.3 is 4.74 Å². The van der Waals surface area contributed by atoms with Gasteiger partial charge in [0.2, 0.25) is 10.0 Å². The minimum atomic E-state index is -3.90. The molecule has 0 aliphatic carbocycles. The van der Waals surface area contributed by atoms with E-state index in [9.17, 15) is 13.2 Å². The van der Waals surface area contributed by atoms with Crippen molar-refractivity contribution in [3.8, 4) is 11.3 Å². The van der Waals surface area contributed by atoms with Gasteiger partial charge in [-0.15, -0.1) is 11.3 Å². The molecule has 0 unspecified atom stereocenters. The van der Waals surface area contributed by atoms with Gasteiger partial charge in [0.25, 0.3) is 0 Å². The van der Waals surface area contributed by atoms with Crippen LogP contribution in [0.2, 0.25) is 5.02 Å². The summed E-state index contributed by atoms with van der Waals surface area (Å²) in [6.07, 6.45) is -0.0484. The molecule has 3 aromatic rings. The van der Waals surface area contributed by atoms with Gasteiger partial charge in [0.05, 0.1) is 24.0 Å². The molecule has 0 aliphatic heterocycles. The maximum absolute atomic E-state index is 13.4. The van der Waals surface area contributed by atoms with E-state index in [1.165, 1.54) is 18.4 Å². The number of anilines is 1. The lowest BCUT2D eigenvalue weighted by atomic mass is 10.1. The Kier molecular flexibility index (Phi) is 7.69. The van der Waals surface area contributed by atoms with Crippen molar-refractivity contribution in [1.82, 2.24) is 4.98 Å². The van der Waals surface area contributed by atoms with Gasteiger partial charge in [-0.3, -0.25) is 4.79 Å². The van der Waals surface area contributed by atoms with E-state index >= 15 is 0 Å². The van der Waals surface area contributed by atoms with Crippen LogP contribution in [0.5, 0.6) is 0 Å². The first kappa shape index (κ1) is 23.2. The SMILES string of the molecule is CCOC(=O)C[C@@H](Cc1ccccc1)S(=O)(=O)N(C)c1nc(-c2ccccc2Cl)cs1. The van der Waals surface area contributed by atoms with E-state index in [1.807, 2.05) is 48.5 Å². The summed E-state index contributed by atoms with van der Waals surface area (Å²) >= 11 is 7.45. The van der Waals surface area contributed by atoms with Crippen LogP contribution in [0.1, 0.15) is 18.9 Å². The summed E-state index contributed by atoms with van der Waals surface area (Å²) in [5, 5.41) is 1.62. The zero-order valence-electron chi connectivity index (χ0n) is 17.2. The maximum Gasteiger partial charge on any atom is 0.307 e. The molecule has 6 nitrogen and oxygen atoms in total. The van der Waals surface area contributed by atoms with Crippen molar-refractivity contribution in [2.24, 2.45) is 0 Å². The van der Waals surface area contributed by atoms with Crippen LogP contribution in [0.15, 0.2) is 60.0 Å². The average Bonchev–Trinajstić information content (AvgIpc) is 3.24. The monoisotopic (exact) mass is 478 g/mol. The second-order valence-electron chi connectivity index (χ2n) is 6.83. The largest absolute Gasteiger partial charge is 0.466 e. The van der Waals surface area contributed by atoms with E-state index in [0.29, 0.717) is 15.8 Å². The van der Waals surface area contributed by atoms with Crippen molar-refractivity contribution in [1.29, 1.82) is 0 Å². The molecule has 9 heteroatoms. The number of esters is 1. The lowest BCUT2D eigenvalue weighted by molar-refractivity contribution is -0.143. The van der Waals surface area contributed by atoms with Gasteiger partial charge in [-0.2, -0.15) is 0 Å². The van der Waals surface area contributed by atoms with E-state index in [0.717, 1.165) is 15.4 Å². The number of thiazole rings is 1. The number of hydrogen-bond donors (Lipinski definition) is 0. The number of rotatable bonds is 9. The van der Waals surface area contributed by atoms with Gasteiger partial charge in [0.1, 0.15) is 0 Å². The van der Waals surface area contributed by atoms with Crippen LogP contribution in [0.3, 0.4) is 0 Å². The fourth-order valence-electron chi connectivity index (χ4n) is 3.10. The Hall–Kier alpha value is -2.42. The first-order valence-electron chi connectivity index (χ1n) is 9.70.